The van der Waals surface area contributed by atoms with Crippen molar-refractivity contribution in [3.63, 3.8) is 0 Å². The standard InChI is InChI=1S/C18H20ClN3O5S2/c1-11-15(17(24)27-2)28-18(20-11)21-16(23)12-4-3-9-22(10-12)29(25,26)14-7-5-13(19)6-8-14/h5-8,12H,3-4,9-10H2,1-2H3,(H,20,21,23). The summed E-state index contributed by atoms with van der Waals surface area (Å²) in [4.78, 5) is 29.0. The number of nitrogens with one attached hydrogen (secondary N) is 1. The number of benzene rings is 1. The van der Waals surface area contributed by atoms with Gasteiger partial charge in [0, 0.05) is 18.1 Å². The van der Waals surface area contributed by atoms with Gasteiger partial charge in [-0.2, -0.15) is 4.31 Å². The molecule has 1 aliphatic rings. The van der Waals surface area contributed by atoms with E-state index in [0.717, 1.165) is 11.3 Å². The smallest absolute Gasteiger partial charge is 0.350 e. The summed E-state index contributed by atoms with van der Waals surface area (Å²) in [5, 5.41) is 3.42. The van der Waals surface area contributed by atoms with Crippen molar-refractivity contribution < 1.29 is 22.7 Å². The summed E-state index contributed by atoms with van der Waals surface area (Å²) < 4.78 is 31.7. The molecule has 1 unspecified atom stereocenters. The summed E-state index contributed by atoms with van der Waals surface area (Å²) in [7, 11) is -2.44. The molecule has 3 rings (SSSR count). The maximum Gasteiger partial charge on any atom is 0.350 e. The molecule has 2 heterocycles. The Morgan fingerprint density at radius 1 is 1.31 bits per heavy atom. The van der Waals surface area contributed by atoms with Crippen molar-refractivity contribution in [1.82, 2.24) is 9.29 Å². The van der Waals surface area contributed by atoms with E-state index in [2.05, 4.69) is 15.0 Å². The molecule has 0 bridgehead atoms. The van der Waals surface area contributed by atoms with Crippen LogP contribution in [-0.4, -0.2) is 49.8 Å². The highest BCUT2D eigenvalue weighted by atomic mass is 35.5. The van der Waals surface area contributed by atoms with Crippen LogP contribution in [0.25, 0.3) is 0 Å². The highest BCUT2D eigenvalue weighted by Gasteiger charge is 2.33. The molecule has 0 aliphatic carbocycles. The topological polar surface area (TPSA) is 106 Å². The van der Waals surface area contributed by atoms with E-state index in [1.54, 1.807) is 6.92 Å². The Kier molecular flexibility index (Phi) is 6.57. The molecular weight excluding hydrogens is 438 g/mol. The first kappa shape index (κ1) is 21.7. The SMILES string of the molecule is COC(=O)c1sc(NC(=O)C2CCCN(S(=O)(=O)c3ccc(Cl)cc3)C2)nc1C. The molecule has 0 spiro atoms. The van der Waals surface area contributed by atoms with Gasteiger partial charge in [-0.1, -0.05) is 22.9 Å². The first-order chi connectivity index (χ1) is 13.7. The Balaban J connectivity index is 1.71. The Morgan fingerprint density at radius 3 is 2.66 bits per heavy atom. The number of carbonyl (C=O) groups excluding carboxylic acids is 2. The third-order valence-electron chi connectivity index (χ3n) is 4.60. The predicted molar refractivity (Wildman–Crippen MR) is 110 cm³/mol. The molecule has 1 aliphatic heterocycles. The van der Waals surface area contributed by atoms with Gasteiger partial charge in [0.05, 0.1) is 23.6 Å². The molecule has 0 saturated carbocycles. The molecule has 1 amide bonds. The van der Waals surface area contributed by atoms with Crippen molar-refractivity contribution >= 4 is 50.0 Å². The second-order valence-electron chi connectivity index (χ2n) is 6.57. The third-order valence-corrected chi connectivity index (χ3v) is 7.79. The monoisotopic (exact) mass is 457 g/mol. The Morgan fingerprint density at radius 2 is 2.00 bits per heavy atom. The molecule has 1 aromatic heterocycles. The zero-order chi connectivity index (χ0) is 21.2. The maximum absolute atomic E-state index is 12.9. The average molecular weight is 458 g/mol. The van der Waals surface area contributed by atoms with Gasteiger partial charge in [-0.25, -0.2) is 18.2 Å². The van der Waals surface area contributed by atoms with Gasteiger partial charge in [0.25, 0.3) is 0 Å². The molecule has 29 heavy (non-hydrogen) atoms. The van der Waals surface area contributed by atoms with Crippen LogP contribution in [0.2, 0.25) is 5.02 Å². The number of hydrogen-bond acceptors (Lipinski definition) is 7. The second kappa shape index (κ2) is 8.78. The van der Waals surface area contributed by atoms with E-state index in [1.165, 1.54) is 35.7 Å². The zero-order valence-electron chi connectivity index (χ0n) is 15.8. The van der Waals surface area contributed by atoms with E-state index in [4.69, 9.17) is 11.6 Å². The third kappa shape index (κ3) is 4.77. The van der Waals surface area contributed by atoms with E-state index >= 15 is 0 Å². The highest BCUT2D eigenvalue weighted by molar-refractivity contribution is 7.89. The Hall–Kier alpha value is -2.01. The largest absolute Gasteiger partial charge is 0.465 e. The van der Waals surface area contributed by atoms with Gasteiger partial charge < -0.3 is 10.1 Å². The highest BCUT2D eigenvalue weighted by Crippen LogP contribution is 2.27. The van der Waals surface area contributed by atoms with Gasteiger partial charge in [0.15, 0.2) is 5.13 Å². The number of piperidine rings is 1. The minimum atomic E-state index is -3.71. The molecular formula is C18H20ClN3O5S2. The summed E-state index contributed by atoms with van der Waals surface area (Å²) >= 11 is 6.86. The number of methoxy groups -OCH3 is 1. The number of rotatable bonds is 5. The fourth-order valence-electron chi connectivity index (χ4n) is 3.07. The van der Waals surface area contributed by atoms with Crippen LogP contribution >= 0.6 is 22.9 Å². The minimum Gasteiger partial charge on any atom is -0.465 e. The van der Waals surface area contributed by atoms with Crippen molar-refractivity contribution in [2.75, 3.05) is 25.5 Å². The first-order valence-corrected chi connectivity index (χ1v) is 11.5. The normalized spacial score (nSPS) is 17.7. The van der Waals surface area contributed by atoms with Crippen LogP contribution in [0, 0.1) is 12.8 Å². The van der Waals surface area contributed by atoms with Crippen LogP contribution in [0.4, 0.5) is 5.13 Å². The number of sulfonamides is 1. The minimum absolute atomic E-state index is 0.0744. The maximum atomic E-state index is 12.9. The molecule has 0 radical (unpaired) electrons. The molecule has 1 atom stereocenters. The van der Waals surface area contributed by atoms with Crippen LogP contribution in [0.3, 0.4) is 0 Å². The van der Waals surface area contributed by atoms with Crippen LogP contribution in [-0.2, 0) is 19.6 Å². The van der Waals surface area contributed by atoms with Crippen LogP contribution in [0.5, 0.6) is 0 Å². The fraction of sp³-hybridized carbons (Fsp3) is 0.389. The van der Waals surface area contributed by atoms with Crippen molar-refractivity contribution in [2.24, 2.45) is 5.92 Å². The number of esters is 1. The lowest BCUT2D eigenvalue weighted by molar-refractivity contribution is -0.120. The summed E-state index contributed by atoms with van der Waals surface area (Å²) in [6.45, 7) is 2.07. The number of thiazole rings is 1. The number of ether oxygens (including phenoxy) is 1. The number of hydrogen-bond donors (Lipinski definition) is 1. The van der Waals surface area contributed by atoms with E-state index in [0.29, 0.717) is 35.0 Å². The molecule has 1 aromatic carbocycles. The molecule has 156 valence electrons. The van der Waals surface area contributed by atoms with Crippen LogP contribution in [0.1, 0.15) is 28.2 Å². The van der Waals surface area contributed by atoms with E-state index < -0.39 is 21.9 Å². The Labute approximate surface area is 177 Å². The molecule has 1 fully saturated rings. The van der Waals surface area contributed by atoms with Crippen LogP contribution in [0.15, 0.2) is 29.2 Å². The van der Waals surface area contributed by atoms with Crippen molar-refractivity contribution in [2.45, 2.75) is 24.7 Å². The van der Waals surface area contributed by atoms with E-state index in [1.807, 2.05) is 0 Å². The van der Waals surface area contributed by atoms with Gasteiger partial charge in [-0.15, -0.1) is 0 Å². The molecule has 2 aromatic rings. The molecule has 8 nitrogen and oxygen atoms in total. The second-order valence-corrected chi connectivity index (χ2v) is 9.94. The van der Waals surface area contributed by atoms with Crippen molar-refractivity contribution in [3.8, 4) is 0 Å². The molecule has 11 heteroatoms. The number of halogens is 1. The predicted octanol–water partition coefficient (Wildman–Crippen LogP) is 2.93. The number of amides is 1. The quantitative estimate of drug-likeness (QED) is 0.692. The number of nitrogens with zero attached hydrogens (tertiary/aromatic N) is 2. The Bertz CT molecular complexity index is 1020. The lowest BCUT2D eigenvalue weighted by Crippen LogP contribution is -2.43. The summed E-state index contributed by atoms with van der Waals surface area (Å²) in [6, 6.07) is 5.95. The van der Waals surface area contributed by atoms with Gasteiger partial charge in [-0.3, -0.25) is 4.79 Å². The number of anilines is 1. The van der Waals surface area contributed by atoms with E-state index in [-0.39, 0.29) is 22.5 Å². The fourth-order valence-corrected chi connectivity index (χ4v) is 5.61. The zero-order valence-corrected chi connectivity index (χ0v) is 18.2. The number of aromatic nitrogens is 1. The summed E-state index contributed by atoms with van der Waals surface area (Å²) in [5.74, 6) is -1.36. The van der Waals surface area contributed by atoms with Gasteiger partial charge in [-0.05, 0) is 44.0 Å². The van der Waals surface area contributed by atoms with E-state index in [9.17, 15) is 18.0 Å². The summed E-state index contributed by atoms with van der Waals surface area (Å²) in [6.07, 6.45) is 1.13. The average Bonchev–Trinajstić information content (AvgIpc) is 3.07. The molecule has 1 N–H and O–H groups in total. The van der Waals surface area contributed by atoms with Crippen LogP contribution < -0.4 is 5.32 Å². The van der Waals surface area contributed by atoms with Gasteiger partial charge in [0.2, 0.25) is 15.9 Å². The van der Waals surface area contributed by atoms with Crippen molar-refractivity contribution in [1.29, 1.82) is 0 Å². The summed E-state index contributed by atoms with van der Waals surface area (Å²) in [5.41, 5.74) is 0.465. The first-order valence-electron chi connectivity index (χ1n) is 8.84. The lowest BCUT2D eigenvalue weighted by atomic mass is 9.99. The molecule has 1 saturated heterocycles. The van der Waals surface area contributed by atoms with Gasteiger partial charge >= 0.3 is 5.97 Å². The number of aryl methyl sites for hydroxylation is 1. The lowest BCUT2D eigenvalue weighted by Gasteiger charge is -2.31. The van der Waals surface area contributed by atoms with Gasteiger partial charge in [0.1, 0.15) is 4.88 Å². The number of carbonyl (C=O) groups is 2. The van der Waals surface area contributed by atoms with Crippen molar-refractivity contribution in [3.05, 3.63) is 39.9 Å².